The summed E-state index contributed by atoms with van der Waals surface area (Å²) in [7, 11) is -0.287. The van der Waals surface area contributed by atoms with Crippen molar-refractivity contribution < 1.29 is 13.9 Å². The first-order chi connectivity index (χ1) is 10.7. The molecule has 0 amide bonds. The quantitative estimate of drug-likeness (QED) is 0.480. The number of hydrogen-bond donors (Lipinski definition) is 1. The SMILES string of the molecule is COC(=O)c1cc(Br)ncc1Nc1ccc([Si](C)(C)C)cc1F. The van der Waals surface area contributed by atoms with E-state index in [0.717, 1.165) is 5.19 Å². The number of anilines is 2. The van der Waals surface area contributed by atoms with E-state index in [4.69, 9.17) is 4.74 Å². The van der Waals surface area contributed by atoms with Crippen LogP contribution in [-0.4, -0.2) is 26.1 Å². The number of methoxy groups -OCH3 is 1. The van der Waals surface area contributed by atoms with Gasteiger partial charge in [-0.05, 0) is 34.1 Å². The number of rotatable bonds is 4. The lowest BCUT2D eigenvalue weighted by atomic mass is 10.2. The molecule has 2 aromatic rings. The Bertz CT molecular complexity index is 747. The van der Waals surface area contributed by atoms with Crippen molar-refractivity contribution in [2.45, 2.75) is 19.6 Å². The maximum Gasteiger partial charge on any atom is 0.340 e. The number of esters is 1. The number of halogens is 2. The molecule has 1 N–H and O–H groups in total. The van der Waals surface area contributed by atoms with Crippen molar-refractivity contribution in [3.8, 4) is 0 Å². The maximum absolute atomic E-state index is 14.4. The molecule has 0 aliphatic rings. The van der Waals surface area contributed by atoms with Gasteiger partial charge in [0.2, 0.25) is 0 Å². The van der Waals surface area contributed by atoms with Gasteiger partial charge in [0.05, 0.1) is 38.3 Å². The molecule has 0 saturated heterocycles. The Hall–Kier alpha value is -1.73. The Kier molecular flexibility index (Phi) is 5.21. The second kappa shape index (κ2) is 6.80. The molecule has 0 aliphatic carbocycles. The Balaban J connectivity index is 2.38. The molecule has 0 bridgehead atoms. The lowest BCUT2D eigenvalue weighted by molar-refractivity contribution is 0.0601. The highest BCUT2D eigenvalue weighted by Gasteiger charge is 2.19. The van der Waals surface area contributed by atoms with Crippen LogP contribution in [0.4, 0.5) is 15.8 Å². The van der Waals surface area contributed by atoms with Crippen molar-refractivity contribution in [2.75, 3.05) is 12.4 Å². The fraction of sp³-hybridized carbons (Fsp3) is 0.250. The molecule has 0 spiro atoms. The summed E-state index contributed by atoms with van der Waals surface area (Å²) in [6, 6.07) is 6.69. The highest BCUT2D eigenvalue weighted by Crippen LogP contribution is 2.25. The third-order valence-electron chi connectivity index (χ3n) is 3.38. The minimum atomic E-state index is -1.58. The summed E-state index contributed by atoms with van der Waals surface area (Å²) in [5, 5.41) is 3.95. The van der Waals surface area contributed by atoms with E-state index < -0.39 is 14.0 Å². The number of carbonyl (C=O) groups excluding carboxylic acids is 1. The number of nitrogens with one attached hydrogen (secondary N) is 1. The van der Waals surface area contributed by atoms with Crippen LogP contribution in [0.5, 0.6) is 0 Å². The molecule has 0 radical (unpaired) electrons. The molecule has 0 fully saturated rings. The van der Waals surface area contributed by atoms with Gasteiger partial charge in [0.15, 0.2) is 0 Å². The molecule has 2 rings (SSSR count). The molecule has 1 aromatic heterocycles. The van der Waals surface area contributed by atoms with Crippen molar-refractivity contribution in [3.05, 3.63) is 46.4 Å². The number of benzene rings is 1. The van der Waals surface area contributed by atoms with Crippen molar-refractivity contribution in [2.24, 2.45) is 0 Å². The predicted molar refractivity (Wildman–Crippen MR) is 95.9 cm³/mol. The molecule has 0 unspecified atom stereocenters. The normalized spacial score (nSPS) is 11.2. The summed E-state index contributed by atoms with van der Waals surface area (Å²) < 4.78 is 19.6. The molecule has 0 saturated carbocycles. The maximum atomic E-state index is 14.4. The number of aromatic nitrogens is 1. The van der Waals surface area contributed by atoms with Crippen LogP contribution in [0.3, 0.4) is 0 Å². The summed E-state index contributed by atoms with van der Waals surface area (Å²) in [6.07, 6.45) is 1.46. The van der Waals surface area contributed by atoms with Crippen LogP contribution in [0.2, 0.25) is 19.6 Å². The Morgan fingerprint density at radius 1 is 1.26 bits per heavy atom. The first kappa shape index (κ1) is 17.6. The minimum absolute atomic E-state index is 0.281. The second-order valence-electron chi connectivity index (χ2n) is 6.11. The molecule has 0 atom stereocenters. The number of pyridine rings is 1. The molecule has 1 aromatic carbocycles. The van der Waals surface area contributed by atoms with Crippen molar-refractivity contribution >= 4 is 46.5 Å². The van der Waals surface area contributed by atoms with Gasteiger partial charge >= 0.3 is 5.97 Å². The van der Waals surface area contributed by atoms with Gasteiger partial charge in [0.25, 0.3) is 0 Å². The number of nitrogens with zero attached hydrogens (tertiary/aromatic N) is 1. The van der Waals surface area contributed by atoms with Crippen molar-refractivity contribution in [1.29, 1.82) is 0 Å². The number of ether oxygens (including phenoxy) is 1. The van der Waals surface area contributed by atoms with Crippen LogP contribution >= 0.6 is 15.9 Å². The van der Waals surface area contributed by atoms with E-state index in [0.29, 0.717) is 16.0 Å². The van der Waals surface area contributed by atoms with E-state index in [-0.39, 0.29) is 11.4 Å². The van der Waals surface area contributed by atoms with Crippen LogP contribution in [0, 0.1) is 5.82 Å². The molecule has 0 aliphatic heterocycles. The summed E-state index contributed by atoms with van der Waals surface area (Å²) in [4.78, 5) is 15.9. The third kappa shape index (κ3) is 4.17. The fourth-order valence-electron chi connectivity index (χ4n) is 2.04. The lowest BCUT2D eigenvalue weighted by Crippen LogP contribution is -2.37. The monoisotopic (exact) mass is 396 g/mol. The van der Waals surface area contributed by atoms with Gasteiger partial charge in [0, 0.05) is 0 Å². The first-order valence-corrected chi connectivity index (χ1v) is 11.3. The summed E-state index contributed by atoms with van der Waals surface area (Å²) in [5.41, 5.74) is 0.962. The summed E-state index contributed by atoms with van der Waals surface area (Å²) in [6.45, 7) is 6.47. The second-order valence-corrected chi connectivity index (χ2v) is 12.0. The zero-order chi connectivity index (χ0) is 17.2. The van der Waals surface area contributed by atoms with Crippen LogP contribution in [0.1, 0.15) is 10.4 Å². The minimum Gasteiger partial charge on any atom is -0.465 e. The average molecular weight is 397 g/mol. The highest BCUT2D eigenvalue weighted by molar-refractivity contribution is 9.10. The smallest absolute Gasteiger partial charge is 0.340 e. The van der Waals surface area contributed by atoms with Crippen LogP contribution in [0.25, 0.3) is 0 Å². The first-order valence-electron chi connectivity index (χ1n) is 7.03. The zero-order valence-electron chi connectivity index (χ0n) is 13.4. The molecule has 7 heteroatoms. The summed E-state index contributed by atoms with van der Waals surface area (Å²) in [5.74, 6) is -0.876. The van der Waals surface area contributed by atoms with Crippen LogP contribution in [-0.2, 0) is 4.74 Å². The van der Waals surface area contributed by atoms with Gasteiger partial charge in [-0.3, -0.25) is 0 Å². The predicted octanol–water partition coefficient (Wildman–Crippen LogP) is 4.06. The molecule has 23 heavy (non-hydrogen) atoms. The largest absolute Gasteiger partial charge is 0.465 e. The topological polar surface area (TPSA) is 51.2 Å². The van der Waals surface area contributed by atoms with E-state index >= 15 is 0 Å². The fourth-order valence-corrected chi connectivity index (χ4v) is 3.51. The Morgan fingerprint density at radius 2 is 1.96 bits per heavy atom. The van der Waals surface area contributed by atoms with Crippen molar-refractivity contribution in [3.63, 3.8) is 0 Å². The van der Waals surface area contributed by atoms with E-state index in [9.17, 15) is 9.18 Å². The standard InChI is InChI=1S/C16H18BrFN2O2Si/c1-22-16(21)11-8-15(17)19-9-14(11)20-13-6-5-10(7-12(13)18)23(2,3)4/h5-9,20H,1-4H3. The van der Waals surface area contributed by atoms with E-state index in [1.807, 2.05) is 6.07 Å². The van der Waals surface area contributed by atoms with Crippen LogP contribution in [0.15, 0.2) is 35.1 Å². The van der Waals surface area contributed by atoms with E-state index in [2.05, 4.69) is 45.9 Å². The zero-order valence-corrected chi connectivity index (χ0v) is 16.0. The summed E-state index contributed by atoms with van der Waals surface area (Å²) >= 11 is 3.21. The molecule has 4 nitrogen and oxygen atoms in total. The van der Waals surface area contributed by atoms with Gasteiger partial charge < -0.3 is 10.1 Å². The van der Waals surface area contributed by atoms with Gasteiger partial charge in [-0.1, -0.05) is 30.9 Å². The third-order valence-corrected chi connectivity index (χ3v) is 5.86. The van der Waals surface area contributed by atoms with E-state index in [1.165, 1.54) is 19.4 Å². The van der Waals surface area contributed by atoms with E-state index in [1.54, 1.807) is 12.1 Å². The van der Waals surface area contributed by atoms with Gasteiger partial charge in [-0.15, -0.1) is 0 Å². The molecule has 122 valence electrons. The molecular formula is C16H18BrFN2O2Si. The van der Waals surface area contributed by atoms with Gasteiger partial charge in [-0.2, -0.15) is 0 Å². The van der Waals surface area contributed by atoms with Crippen LogP contribution < -0.4 is 10.5 Å². The van der Waals surface area contributed by atoms with Crippen molar-refractivity contribution in [1.82, 2.24) is 4.98 Å². The molecular weight excluding hydrogens is 379 g/mol. The highest BCUT2D eigenvalue weighted by atomic mass is 79.9. The number of carbonyl (C=O) groups is 1. The number of hydrogen-bond acceptors (Lipinski definition) is 4. The molecule has 1 heterocycles. The Labute approximate surface area is 144 Å². The Morgan fingerprint density at radius 3 is 2.52 bits per heavy atom. The average Bonchev–Trinajstić information content (AvgIpc) is 2.49. The van der Waals surface area contributed by atoms with Gasteiger partial charge in [0.1, 0.15) is 10.4 Å². The van der Waals surface area contributed by atoms with Gasteiger partial charge in [-0.25, -0.2) is 14.2 Å². The lowest BCUT2D eigenvalue weighted by Gasteiger charge is -2.18.